The van der Waals surface area contributed by atoms with Crippen LogP contribution in [0.3, 0.4) is 0 Å². The Labute approximate surface area is 80.6 Å². The van der Waals surface area contributed by atoms with Crippen LogP contribution in [0.4, 0.5) is 0 Å². The van der Waals surface area contributed by atoms with Crippen LogP contribution in [0.25, 0.3) is 0 Å². The Kier molecular flexibility index (Phi) is 3.35. The van der Waals surface area contributed by atoms with Crippen molar-refractivity contribution >= 4 is 9.84 Å². The average Bonchev–Trinajstić information content (AvgIpc) is 2.28. The highest BCUT2D eigenvalue weighted by Crippen LogP contribution is 2.23. The Morgan fingerprint density at radius 1 is 1.46 bits per heavy atom. The summed E-state index contributed by atoms with van der Waals surface area (Å²) >= 11 is 0. The molecule has 0 radical (unpaired) electrons. The van der Waals surface area contributed by atoms with Gasteiger partial charge in [-0.1, -0.05) is 13.8 Å². The number of nitrogens with two attached hydrogens (primary N) is 1. The van der Waals surface area contributed by atoms with E-state index in [2.05, 4.69) is 13.8 Å². The van der Waals surface area contributed by atoms with E-state index in [1.54, 1.807) is 0 Å². The molecule has 13 heavy (non-hydrogen) atoms. The molecule has 1 aliphatic rings. The Bertz CT molecular complexity index is 259. The van der Waals surface area contributed by atoms with Gasteiger partial charge in [0.15, 0.2) is 9.84 Å². The molecule has 0 aromatic carbocycles. The lowest BCUT2D eigenvalue weighted by molar-refractivity contribution is 0.390. The first-order valence-corrected chi connectivity index (χ1v) is 6.69. The molecular weight excluding hydrogens is 186 g/mol. The minimum absolute atomic E-state index is 0.0669. The Morgan fingerprint density at radius 2 is 2.08 bits per heavy atom. The molecule has 1 aliphatic heterocycles. The van der Waals surface area contributed by atoms with Gasteiger partial charge < -0.3 is 5.73 Å². The first-order chi connectivity index (χ1) is 5.91. The molecule has 1 rings (SSSR count). The first kappa shape index (κ1) is 11.0. The quantitative estimate of drug-likeness (QED) is 0.741. The Hall–Kier alpha value is -0.0900. The Balaban J connectivity index is 2.47. The second-order valence-electron chi connectivity index (χ2n) is 4.46. The second-order valence-corrected chi connectivity index (χ2v) is 6.69. The highest BCUT2D eigenvalue weighted by atomic mass is 32.2. The van der Waals surface area contributed by atoms with E-state index in [9.17, 15) is 8.42 Å². The molecule has 2 atom stereocenters. The molecule has 4 heteroatoms. The van der Waals surface area contributed by atoms with Crippen molar-refractivity contribution in [1.82, 2.24) is 0 Å². The summed E-state index contributed by atoms with van der Waals surface area (Å²) in [6, 6.07) is 0.0669. The van der Waals surface area contributed by atoms with Gasteiger partial charge in [0.1, 0.15) is 0 Å². The lowest BCUT2D eigenvalue weighted by Gasteiger charge is -2.19. The highest BCUT2D eigenvalue weighted by molar-refractivity contribution is 7.91. The second kappa shape index (κ2) is 3.96. The number of hydrogen-bond donors (Lipinski definition) is 1. The third-order valence-electron chi connectivity index (χ3n) is 2.62. The maximum absolute atomic E-state index is 11.2. The van der Waals surface area contributed by atoms with E-state index >= 15 is 0 Å². The topological polar surface area (TPSA) is 60.2 Å². The van der Waals surface area contributed by atoms with Crippen LogP contribution in [0.15, 0.2) is 0 Å². The molecule has 1 saturated heterocycles. The van der Waals surface area contributed by atoms with Gasteiger partial charge in [0.05, 0.1) is 11.5 Å². The molecule has 0 bridgehead atoms. The minimum atomic E-state index is -2.76. The third-order valence-corrected chi connectivity index (χ3v) is 4.41. The SMILES string of the molecule is CC(C)CC(N)C1CCS(=O)(=O)C1. The van der Waals surface area contributed by atoms with E-state index in [4.69, 9.17) is 5.73 Å². The molecule has 78 valence electrons. The van der Waals surface area contributed by atoms with Crippen LogP contribution in [0.2, 0.25) is 0 Å². The van der Waals surface area contributed by atoms with Gasteiger partial charge >= 0.3 is 0 Å². The van der Waals surface area contributed by atoms with Crippen LogP contribution in [0, 0.1) is 11.8 Å². The monoisotopic (exact) mass is 205 g/mol. The smallest absolute Gasteiger partial charge is 0.150 e. The summed E-state index contributed by atoms with van der Waals surface area (Å²) in [6.07, 6.45) is 1.69. The van der Waals surface area contributed by atoms with Gasteiger partial charge in [-0.25, -0.2) is 8.42 Å². The van der Waals surface area contributed by atoms with Crippen molar-refractivity contribution in [1.29, 1.82) is 0 Å². The zero-order valence-electron chi connectivity index (χ0n) is 8.36. The maximum atomic E-state index is 11.2. The van der Waals surface area contributed by atoms with Crippen LogP contribution >= 0.6 is 0 Å². The van der Waals surface area contributed by atoms with E-state index in [0.717, 1.165) is 12.8 Å². The average molecular weight is 205 g/mol. The summed E-state index contributed by atoms with van der Waals surface area (Å²) in [5.41, 5.74) is 5.94. The summed E-state index contributed by atoms with van der Waals surface area (Å²) in [4.78, 5) is 0. The van der Waals surface area contributed by atoms with E-state index in [1.807, 2.05) is 0 Å². The minimum Gasteiger partial charge on any atom is -0.327 e. The lowest BCUT2D eigenvalue weighted by Crippen LogP contribution is -2.32. The maximum Gasteiger partial charge on any atom is 0.150 e. The summed E-state index contributed by atoms with van der Waals surface area (Å²) in [6.45, 7) is 4.23. The number of sulfone groups is 1. The molecule has 1 heterocycles. The largest absolute Gasteiger partial charge is 0.327 e. The van der Waals surface area contributed by atoms with Crippen molar-refractivity contribution in [2.45, 2.75) is 32.7 Å². The van der Waals surface area contributed by atoms with Gasteiger partial charge in [0, 0.05) is 6.04 Å². The molecule has 3 nitrogen and oxygen atoms in total. The predicted octanol–water partition coefficient (Wildman–Crippen LogP) is 0.795. The van der Waals surface area contributed by atoms with Crippen LogP contribution < -0.4 is 5.73 Å². The van der Waals surface area contributed by atoms with Gasteiger partial charge in [-0.15, -0.1) is 0 Å². The fourth-order valence-electron chi connectivity index (χ4n) is 1.90. The summed E-state index contributed by atoms with van der Waals surface area (Å²) < 4.78 is 22.4. The van der Waals surface area contributed by atoms with E-state index < -0.39 is 9.84 Å². The van der Waals surface area contributed by atoms with Gasteiger partial charge in [0.2, 0.25) is 0 Å². The van der Waals surface area contributed by atoms with Gasteiger partial charge in [-0.3, -0.25) is 0 Å². The molecular formula is C9H19NO2S. The zero-order chi connectivity index (χ0) is 10.1. The number of rotatable bonds is 3. The summed E-state index contributed by atoms with van der Waals surface area (Å²) in [5, 5.41) is 0. The van der Waals surface area contributed by atoms with Crippen molar-refractivity contribution in [2.75, 3.05) is 11.5 Å². The standard InChI is InChI=1S/C9H19NO2S/c1-7(2)5-9(10)8-3-4-13(11,12)6-8/h7-9H,3-6,10H2,1-2H3. The fourth-order valence-corrected chi connectivity index (χ4v) is 3.79. The summed E-state index contributed by atoms with van der Waals surface area (Å²) in [5.74, 6) is 1.40. The molecule has 0 saturated carbocycles. The molecule has 2 N–H and O–H groups in total. The molecule has 0 aromatic rings. The van der Waals surface area contributed by atoms with Crippen LogP contribution in [-0.2, 0) is 9.84 Å². The number of hydrogen-bond acceptors (Lipinski definition) is 3. The fraction of sp³-hybridized carbons (Fsp3) is 1.00. The predicted molar refractivity (Wildman–Crippen MR) is 54.2 cm³/mol. The molecule has 0 spiro atoms. The van der Waals surface area contributed by atoms with Crippen LogP contribution in [-0.4, -0.2) is 26.0 Å². The third kappa shape index (κ3) is 3.27. The van der Waals surface area contributed by atoms with Gasteiger partial charge in [-0.05, 0) is 24.7 Å². The van der Waals surface area contributed by atoms with Crippen molar-refractivity contribution < 1.29 is 8.42 Å². The van der Waals surface area contributed by atoms with Crippen molar-refractivity contribution in [3.05, 3.63) is 0 Å². The lowest BCUT2D eigenvalue weighted by atomic mass is 9.92. The van der Waals surface area contributed by atoms with Crippen molar-refractivity contribution in [2.24, 2.45) is 17.6 Å². The Morgan fingerprint density at radius 3 is 2.46 bits per heavy atom. The first-order valence-electron chi connectivity index (χ1n) is 4.87. The van der Waals surface area contributed by atoms with E-state index in [0.29, 0.717) is 17.4 Å². The molecule has 1 fully saturated rings. The van der Waals surface area contributed by atoms with Crippen LogP contribution in [0.5, 0.6) is 0 Å². The van der Waals surface area contributed by atoms with E-state index in [1.165, 1.54) is 0 Å². The van der Waals surface area contributed by atoms with Crippen molar-refractivity contribution in [3.8, 4) is 0 Å². The van der Waals surface area contributed by atoms with Gasteiger partial charge in [0.25, 0.3) is 0 Å². The molecule has 2 unspecified atom stereocenters. The molecule has 0 amide bonds. The van der Waals surface area contributed by atoms with Gasteiger partial charge in [-0.2, -0.15) is 0 Å². The van der Waals surface area contributed by atoms with E-state index in [-0.39, 0.29) is 12.0 Å². The zero-order valence-corrected chi connectivity index (χ0v) is 9.18. The summed E-state index contributed by atoms with van der Waals surface area (Å²) in [7, 11) is -2.76. The normalized spacial score (nSPS) is 29.4. The van der Waals surface area contributed by atoms with Crippen LogP contribution in [0.1, 0.15) is 26.7 Å². The van der Waals surface area contributed by atoms with Crippen molar-refractivity contribution in [3.63, 3.8) is 0 Å². The molecule has 0 aliphatic carbocycles. The highest BCUT2D eigenvalue weighted by Gasteiger charge is 2.31. The molecule has 0 aromatic heterocycles.